The molecular weight excluding hydrogens is 471 g/mol. The molecule has 0 unspecified atom stereocenters. The van der Waals surface area contributed by atoms with E-state index in [2.05, 4.69) is 5.32 Å². The monoisotopic (exact) mass is 498 g/mol. The summed E-state index contributed by atoms with van der Waals surface area (Å²) in [5.41, 5.74) is 1.48. The van der Waals surface area contributed by atoms with Crippen LogP contribution in [0.15, 0.2) is 42.5 Å². The van der Waals surface area contributed by atoms with E-state index in [1.165, 1.54) is 10.4 Å². The Morgan fingerprint density at radius 1 is 1.22 bits per heavy atom. The first-order valence-corrected chi connectivity index (χ1v) is 13.0. The van der Waals surface area contributed by atoms with Crippen LogP contribution in [0.4, 0.5) is 0 Å². The van der Waals surface area contributed by atoms with E-state index >= 15 is 0 Å². The zero-order chi connectivity index (χ0) is 23.3. The largest absolute Gasteiger partial charge is 0.497 e. The van der Waals surface area contributed by atoms with E-state index in [1.54, 1.807) is 19.2 Å². The van der Waals surface area contributed by atoms with Crippen LogP contribution in [0.25, 0.3) is 0 Å². The number of nitrogens with zero attached hydrogens (tertiary/aromatic N) is 1. The second-order valence-corrected chi connectivity index (χ2v) is 10.7. The van der Waals surface area contributed by atoms with Crippen molar-refractivity contribution in [2.75, 3.05) is 20.2 Å². The van der Waals surface area contributed by atoms with Crippen LogP contribution in [0.1, 0.15) is 43.4 Å². The van der Waals surface area contributed by atoms with Gasteiger partial charge in [0, 0.05) is 23.1 Å². The molecule has 2 aromatic rings. The number of benzene rings is 2. The van der Waals surface area contributed by atoms with Crippen LogP contribution in [-0.2, 0) is 20.6 Å². The Balaban J connectivity index is 1.66. The maximum absolute atomic E-state index is 13.0. The summed E-state index contributed by atoms with van der Waals surface area (Å²) in [5.74, 6) is 0.00767. The van der Waals surface area contributed by atoms with Crippen molar-refractivity contribution in [1.82, 2.24) is 9.62 Å². The van der Waals surface area contributed by atoms with E-state index in [9.17, 15) is 13.2 Å². The van der Waals surface area contributed by atoms with Gasteiger partial charge >= 0.3 is 0 Å². The number of rotatable bonds is 8. The molecule has 1 N–H and O–H groups in total. The van der Waals surface area contributed by atoms with Gasteiger partial charge in [-0.05, 0) is 54.7 Å². The highest BCUT2D eigenvalue weighted by atomic mass is 35.5. The van der Waals surface area contributed by atoms with Crippen molar-refractivity contribution in [2.24, 2.45) is 5.92 Å². The van der Waals surface area contributed by atoms with Gasteiger partial charge in [0.15, 0.2) is 0 Å². The fourth-order valence-electron chi connectivity index (χ4n) is 3.88. The molecule has 0 spiro atoms. The third kappa shape index (κ3) is 6.16. The van der Waals surface area contributed by atoms with Gasteiger partial charge in [-0.1, -0.05) is 48.3 Å². The van der Waals surface area contributed by atoms with Crippen LogP contribution in [0.3, 0.4) is 0 Å². The molecular formula is C23H28Cl2N2O4S. The number of hydrogen-bond donors (Lipinski definition) is 1. The van der Waals surface area contributed by atoms with Crippen LogP contribution in [-0.4, -0.2) is 38.8 Å². The van der Waals surface area contributed by atoms with Gasteiger partial charge in [-0.25, -0.2) is 12.7 Å². The van der Waals surface area contributed by atoms with Gasteiger partial charge in [-0.15, -0.1) is 0 Å². The number of sulfonamides is 1. The summed E-state index contributed by atoms with van der Waals surface area (Å²) < 4.78 is 32.6. The van der Waals surface area contributed by atoms with E-state index in [0.29, 0.717) is 35.0 Å². The van der Waals surface area contributed by atoms with Crippen molar-refractivity contribution in [2.45, 2.75) is 38.0 Å². The minimum absolute atomic E-state index is 0.128. The molecule has 0 saturated carbocycles. The van der Waals surface area contributed by atoms with Crippen LogP contribution < -0.4 is 10.1 Å². The summed E-state index contributed by atoms with van der Waals surface area (Å²) in [7, 11) is -2.01. The molecule has 1 aliphatic heterocycles. The van der Waals surface area contributed by atoms with Gasteiger partial charge in [0.05, 0.1) is 24.8 Å². The molecule has 174 valence electrons. The number of hydrogen-bond acceptors (Lipinski definition) is 4. The van der Waals surface area contributed by atoms with Gasteiger partial charge in [0.25, 0.3) is 0 Å². The van der Waals surface area contributed by atoms with E-state index in [1.807, 2.05) is 31.2 Å². The molecule has 1 saturated heterocycles. The summed E-state index contributed by atoms with van der Waals surface area (Å²) in [5, 5.41) is 3.86. The molecule has 0 radical (unpaired) electrons. The lowest BCUT2D eigenvalue weighted by Crippen LogP contribution is -2.46. The highest BCUT2D eigenvalue weighted by molar-refractivity contribution is 7.88. The second-order valence-electron chi connectivity index (χ2n) is 7.93. The molecule has 1 heterocycles. The minimum atomic E-state index is -3.62. The van der Waals surface area contributed by atoms with Crippen molar-refractivity contribution in [3.63, 3.8) is 0 Å². The second kappa shape index (κ2) is 10.9. The Bertz CT molecular complexity index is 1040. The van der Waals surface area contributed by atoms with Crippen molar-refractivity contribution < 1.29 is 17.9 Å². The molecule has 2 aromatic carbocycles. The number of nitrogens with one attached hydrogen (secondary N) is 1. The van der Waals surface area contributed by atoms with Crippen LogP contribution in [0.5, 0.6) is 5.75 Å². The summed E-state index contributed by atoms with van der Waals surface area (Å²) >= 11 is 12.1. The SMILES string of the molecule is CC[C@H](NC(=O)[C@H]1CCCN(S(=O)(=O)Cc2ccc(Cl)cc2Cl)C1)c1ccc(OC)cc1. The Kier molecular flexibility index (Phi) is 8.44. The highest BCUT2D eigenvalue weighted by Gasteiger charge is 2.33. The fraction of sp³-hybridized carbons (Fsp3) is 0.435. The molecule has 2 atom stereocenters. The maximum atomic E-state index is 13.0. The van der Waals surface area contributed by atoms with E-state index in [-0.39, 0.29) is 24.2 Å². The average Bonchev–Trinajstić information content (AvgIpc) is 2.79. The highest BCUT2D eigenvalue weighted by Crippen LogP contribution is 2.27. The lowest BCUT2D eigenvalue weighted by atomic mass is 9.97. The zero-order valence-corrected chi connectivity index (χ0v) is 20.5. The van der Waals surface area contributed by atoms with E-state index in [4.69, 9.17) is 27.9 Å². The molecule has 1 fully saturated rings. The van der Waals surface area contributed by atoms with Crippen molar-refractivity contribution in [1.29, 1.82) is 0 Å². The fourth-order valence-corrected chi connectivity index (χ4v) is 6.08. The van der Waals surface area contributed by atoms with Crippen LogP contribution in [0.2, 0.25) is 10.0 Å². The Morgan fingerprint density at radius 3 is 2.56 bits per heavy atom. The van der Waals surface area contributed by atoms with Crippen molar-refractivity contribution in [3.8, 4) is 5.75 Å². The molecule has 32 heavy (non-hydrogen) atoms. The first-order valence-electron chi connectivity index (χ1n) is 10.6. The summed E-state index contributed by atoms with van der Waals surface area (Å²) in [6, 6.07) is 12.2. The summed E-state index contributed by atoms with van der Waals surface area (Å²) in [6.07, 6.45) is 2.01. The van der Waals surface area contributed by atoms with Crippen molar-refractivity contribution in [3.05, 3.63) is 63.6 Å². The molecule has 0 aromatic heterocycles. The first kappa shape index (κ1) is 24.8. The Hall–Kier alpha value is -1.80. The topological polar surface area (TPSA) is 75.7 Å². The first-order chi connectivity index (χ1) is 15.2. The third-order valence-electron chi connectivity index (χ3n) is 5.74. The smallest absolute Gasteiger partial charge is 0.224 e. The minimum Gasteiger partial charge on any atom is -0.497 e. The quantitative estimate of drug-likeness (QED) is 0.566. The summed E-state index contributed by atoms with van der Waals surface area (Å²) in [6.45, 7) is 2.56. The molecule has 9 heteroatoms. The Labute approximate surface area is 199 Å². The Morgan fingerprint density at radius 2 is 1.94 bits per heavy atom. The zero-order valence-electron chi connectivity index (χ0n) is 18.2. The van der Waals surface area contributed by atoms with Gasteiger partial charge in [-0.2, -0.15) is 0 Å². The number of halogens is 2. The van der Waals surface area contributed by atoms with E-state index < -0.39 is 15.9 Å². The summed E-state index contributed by atoms with van der Waals surface area (Å²) in [4.78, 5) is 13.0. The predicted octanol–water partition coefficient (Wildman–Crippen LogP) is 4.81. The standard InChI is InChI=1S/C23H28Cl2N2O4S/c1-3-22(16-7-10-20(31-2)11-8-16)26-23(28)17-5-4-12-27(14-17)32(29,30)15-18-6-9-19(24)13-21(18)25/h6-11,13,17,22H,3-5,12,14-15H2,1-2H3,(H,26,28)/t17-,22-/m0/s1. The number of piperidine rings is 1. The van der Waals surface area contributed by atoms with E-state index in [0.717, 1.165) is 17.7 Å². The maximum Gasteiger partial charge on any atom is 0.224 e. The average molecular weight is 499 g/mol. The molecule has 0 aliphatic carbocycles. The molecule has 1 amide bonds. The molecule has 6 nitrogen and oxygen atoms in total. The normalized spacial score (nSPS) is 18.2. The van der Waals surface area contributed by atoms with Crippen LogP contribution in [0, 0.1) is 5.92 Å². The number of carbonyl (C=O) groups excluding carboxylic acids is 1. The lowest BCUT2D eigenvalue weighted by molar-refractivity contribution is -0.126. The van der Waals surface area contributed by atoms with Crippen molar-refractivity contribution >= 4 is 39.1 Å². The lowest BCUT2D eigenvalue weighted by Gasteiger charge is -2.32. The molecule has 3 rings (SSSR count). The predicted molar refractivity (Wildman–Crippen MR) is 128 cm³/mol. The van der Waals surface area contributed by atoms with Gasteiger partial charge < -0.3 is 10.1 Å². The number of ether oxygens (including phenoxy) is 1. The third-order valence-corrected chi connectivity index (χ3v) is 8.13. The van der Waals surface area contributed by atoms with Gasteiger partial charge in [0.2, 0.25) is 15.9 Å². The number of amides is 1. The van der Waals surface area contributed by atoms with Crippen LogP contribution >= 0.6 is 23.2 Å². The number of methoxy groups -OCH3 is 1. The van der Waals surface area contributed by atoms with Gasteiger partial charge in [-0.3, -0.25) is 4.79 Å². The number of carbonyl (C=O) groups is 1. The molecule has 1 aliphatic rings. The van der Waals surface area contributed by atoms with Gasteiger partial charge in [0.1, 0.15) is 5.75 Å². The molecule has 0 bridgehead atoms.